The van der Waals surface area contributed by atoms with Crippen LogP contribution in [0.2, 0.25) is 0 Å². The maximum absolute atomic E-state index is 12.7. The third-order valence-electron chi connectivity index (χ3n) is 3.32. The number of hydrogen-bond donors (Lipinski definition) is 1. The van der Waals surface area contributed by atoms with Crippen molar-refractivity contribution in [1.29, 1.82) is 0 Å². The van der Waals surface area contributed by atoms with E-state index in [1.54, 1.807) is 12.1 Å². The van der Waals surface area contributed by atoms with Gasteiger partial charge in [-0.1, -0.05) is 12.1 Å². The van der Waals surface area contributed by atoms with Crippen molar-refractivity contribution in [2.45, 2.75) is 25.5 Å². The topological polar surface area (TPSA) is 41.6 Å². The highest BCUT2D eigenvalue weighted by Gasteiger charge is 2.18. The van der Waals surface area contributed by atoms with E-state index in [2.05, 4.69) is 17.3 Å². The molecule has 1 amide bonds. The van der Waals surface area contributed by atoms with Crippen molar-refractivity contribution < 1.29 is 13.9 Å². The Bertz CT molecular complexity index is 414. The molecule has 19 heavy (non-hydrogen) atoms. The van der Waals surface area contributed by atoms with E-state index in [1.165, 1.54) is 12.1 Å². The Labute approximate surface area is 112 Å². The van der Waals surface area contributed by atoms with Crippen molar-refractivity contribution in [3.05, 3.63) is 35.6 Å². The fourth-order valence-corrected chi connectivity index (χ4v) is 2.09. The minimum atomic E-state index is -0.404. The van der Waals surface area contributed by atoms with Crippen molar-refractivity contribution >= 4 is 6.09 Å². The van der Waals surface area contributed by atoms with Crippen LogP contribution in [0.1, 0.15) is 18.4 Å². The molecule has 0 aliphatic carbocycles. The van der Waals surface area contributed by atoms with Gasteiger partial charge >= 0.3 is 6.09 Å². The quantitative estimate of drug-likeness (QED) is 0.911. The standard InChI is InChI=1S/C14H19FN2O2/c1-17-8-6-13(7-9-17)16-14(18)19-10-11-2-4-12(15)5-3-11/h2-5,13H,6-10H2,1H3,(H,16,18). The number of benzene rings is 1. The lowest BCUT2D eigenvalue weighted by Crippen LogP contribution is -2.43. The van der Waals surface area contributed by atoms with Crippen molar-refractivity contribution in [3.8, 4) is 0 Å². The Morgan fingerprint density at radius 3 is 2.63 bits per heavy atom. The van der Waals surface area contributed by atoms with E-state index in [0.29, 0.717) is 0 Å². The van der Waals surface area contributed by atoms with E-state index in [-0.39, 0.29) is 18.5 Å². The normalized spacial score (nSPS) is 17.2. The molecule has 1 saturated heterocycles. The molecule has 5 heteroatoms. The highest BCUT2D eigenvalue weighted by atomic mass is 19.1. The molecule has 0 spiro atoms. The van der Waals surface area contributed by atoms with Crippen molar-refractivity contribution in [3.63, 3.8) is 0 Å². The van der Waals surface area contributed by atoms with Crippen LogP contribution in [0.25, 0.3) is 0 Å². The second-order valence-corrected chi connectivity index (χ2v) is 4.92. The van der Waals surface area contributed by atoms with Gasteiger partial charge in [0.25, 0.3) is 0 Å². The zero-order chi connectivity index (χ0) is 13.7. The molecule has 0 atom stereocenters. The molecule has 1 aliphatic heterocycles. The third-order valence-corrected chi connectivity index (χ3v) is 3.32. The molecule has 0 unspecified atom stereocenters. The average Bonchev–Trinajstić information content (AvgIpc) is 2.41. The van der Waals surface area contributed by atoms with E-state index in [1.807, 2.05) is 0 Å². The number of halogens is 1. The summed E-state index contributed by atoms with van der Waals surface area (Å²) in [5, 5.41) is 2.86. The lowest BCUT2D eigenvalue weighted by Gasteiger charge is -2.29. The summed E-state index contributed by atoms with van der Waals surface area (Å²) in [6.07, 6.45) is 1.49. The second kappa shape index (κ2) is 6.52. The summed E-state index contributed by atoms with van der Waals surface area (Å²) in [7, 11) is 2.07. The van der Waals surface area contributed by atoms with Gasteiger partial charge in [0, 0.05) is 6.04 Å². The van der Waals surface area contributed by atoms with E-state index in [9.17, 15) is 9.18 Å². The predicted octanol–water partition coefficient (Wildman–Crippen LogP) is 2.15. The number of nitrogens with one attached hydrogen (secondary N) is 1. The summed E-state index contributed by atoms with van der Waals surface area (Å²) in [5.74, 6) is -0.292. The van der Waals surface area contributed by atoms with E-state index >= 15 is 0 Å². The lowest BCUT2D eigenvalue weighted by atomic mass is 10.1. The van der Waals surface area contributed by atoms with Gasteiger partial charge < -0.3 is 15.0 Å². The number of alkyl carbamates (subject to hydrolysis) is 1. The van der Waals surface area contributed by atoms with Crippen molar-refractivity contribution in [2.75, 3.05) is 20.1 Å². The van der Waals surface area contributed by atoms with Gasteiger partial charge in [-0.25, -0.2) is 9.18 Å². The molecule has 1 aromatic carbocycles. The molecular formula is C14H19FN2O2. The summed E-state index contributed by atoms with van der Waals surface area (Å²) < 4.78 is 17.8. The first-order valence-electron chi connectivity index (χ1n) is 6.50. The summed E-state index contributed by atoms with van der Waals surface area (Å²) in [4.78, 5) is 13.9. The summed E-state index contributed by atoms with van der Waals surface area (Å²) in [5.41, 5.74) is 0.778. The van der Waals surface area contributed by atoms with Crippen LogP contribution in [-0.2, 0) is 11.3 Å². The first kappa shape index (κ1) is 13.8. The van der Waals surface area contributed by atoms with Crippen LogP contribution >= 0.6 is 0 Å². The first-order chi connectivity index (χ1) is 9.13. The number of rotatable bonds is 3. The molecule has 0 aromatic heterocycles. The zero-order valence-corrected chi connectivity index (χ0v) is 11.1. The van der Waals surface area contributed by atoms with Crippen LogP contribution < -0.4 is 5.32 Å². The number of carbonyl (C=O) groups excluding carboxylic acids is 1. The highest BCUT2D eigenvalue weighted by molar-refractivity contribution is 5.67. The Kier molecular flexibility index (Phi) is 4.74. The average molecular weight is 266 g/mol. The summed E-state index contributed by atoms with van der Waals surface area (Å²) in [6, 6.07) is 6.12. The number of hydrogen-bond acceptors (Lipinski definition) is 3. The van der Waals surface area contributed by atoms with Gasteiger partial charge in [0.05, 0.1) is 0 Å². The number of ether oxygens (including phenoxy) is 1. The number of piperidine rings is 1. The molecule has 0 radical (unpaired) electrons. The molecular weight excluding hydrogens is 247 g/mol. The molecule has 1 aromatic rings. The van der Waals surface area contributed by atoms with Crippen molar-refractivity contribution in [2.24, 2.45) is 0 Å². The van der Waals surface area contributed by atoms with Gasteiger partial charge in [-0.05, 0) is 50.7 Å². The van der Waals surface area contributed by atoms with Crippen LogP contribution in [0.3, 0.4) is 0 Å². The number of carbonyl (C=O) groups is 1. The van der Waals surface area contributed by atoms with E-state index in [4.69, 9.17) is 4.74 Å². The fourth-order valence-electron chi connectivity index (χ4n) is 2.09. The molecule has 1 fully saturated rings. The maximum atomic E-state index is 12.7. The number of likely N-dealkylation sites (tertiary alicyclic amines) is 1. The molecule has 104 valence electrons. The molecule has 1 heterocycles. The molecule has 2 rings (SSSR count). The van der Waals surface area contributed by atoms with Gasteiger partial charge in [0.15, 0.2) is 0 Å². The Morgan fingerprint density at radius 2 is 2.00 bits per heavy atom. The van der Waals surface area contributed by atoms with Crippen LogP contribution in [-0.4, -0.2) is 37.2 Å². The van der Waals surface area contributed by atoms with Crippen molar-refractivity contribution in [1.82, 2.24) is 10.2 Å². The second-order valence-electron chi connectivity index (χ2n) is 4.92. The minimum Gasteiger partial charge on any atom is -0.445 e. The van der Waals surface area contributed by atoms with Gasteiger partial charge in [-0.15, -0.1) is 0 Å². The molecule has 4 nitrogen and oxygen atoms in total. The van der Waals surface area contributed by atoms with Gasteiger partial charge in [-0.3, -0.25) is 0 Å². The van der Waals surface area contributed by atoms with Gasteiger partial charge in [-0.2, -0.15) is 0 Å². The molecule has 0 bridgehead atoms. The smallest absolute Gasteiger partial charge is 0.407 e. The van der Waals surface area contributed by atoms with E-state index < -0.39 is 6.09 Å². The Morgan fingerprint density at radius 1 is 1.37 bits per heavy atom. The third kappa shape index (κ3) is 4.52. The minimum absolute atomic E-state index is 0.165. The molecule has 1 N–H and O–H groups in total. The predicted molar refractivity (Wildman–Crippen MR) is 70.2 cm³/mol. The van der Waals surface area contributed by atoms with Crippen LogP contribution in [0.4, 0.5) is 9.18 Å². The van der Waals surface area contributed by atoms with Gasteiger partial charge in [0.2, 0.25) is 0 Å². The summed E-state index contributed by atoms with van der Waals surface area (Å²) in [6.45, 7) is 2.14. The zero-order valence-electron chi connectivity index (χ0n) is 11.1. The first-order valence-corrected chi connectivity index (χ1v) is 6.50. The maximum Gasteiger partial charge on any atom is 0.407 e. The largest absolute Gasteiger partial charge is 0.445 e. The Balaban J connectivity index is 1.71. The lowest BCUT2D eigenvalue weighted by molar-refractivity contribution is 0.129. The van der Waals surface area contributed by atoms with E-state index in [0.717, 1.165) is 31.5 Å². The van der Waals surface area contributed by atoms with Crippen LogP contribution in [0.15, 0.2) is 24.3 Å². The SMILES string of the molecule is CN1CCC(NC(=O)OCc2ccc(F)cc2)CC1. The number of nitrogens with zero attached hydrogens (tertiary/aromatic N) is 1. The van der Waals surface area contributed by atoms with Gasteiger partial charge in [0.1, 0.15) is 12.4 Å². The van der Waals surface area contributed by atoms with Crippen LogP contribution in [0.5, 0.6) is 0 Å². The molecule has 0 saturated carbocycles. The molecule has 1 aliphatic rings. The number of amides is 1. The van der Waals surface area contributed by atoms with Crippen LogP contribution in [0, 0.1) is 5.82 Å². The Hall–Kier alpha value is -1.62. The summed E-state index contributed by atoms with van der Waals surface area (Å²) >= 11 is 0. The fraction of sp³-hybridized carbons (Fsp3) is 0.500. The highest BCUT2D eigenvalue weighted by Crippen LogP contribution is 2.09. The monoisotopic (exact) mass is 266 g/mol.